The fourth-order valence-electron chi connectivity index (χ4n) is 1.39. The highest BCUT2D eigenvalue weighted by Gasteiger charge is 2.00. The third-order valence-electron chi connectivity index (χ3n) is 3.39. The van der Waals surface area contributed by atoms with E-state index in [1.807, 2.05) is 20.8 Å². The second kappa shape index (κ2) is 31.8. The summed E-state index contributed by atoms with van der Waals surface area (Å²) in [6.07, 6.45) is 8.01. The van der Waals surface area contributed by atoms with Gasteiger partial charge in [0.1, 0.15) is 0 Å². The first-order chi connectivity index (χ1) is 17.0. The monoisotopic (exact) mass is 512 g/mol. The van der Waals surface area contributed by atoms with Crippen LogP contribution >= 0.6 is 0 Å². The first kappa shape index (κ1) is 40.0. The van der Waals surface area contributed by atoms with Crippen LogP contribution in [0.5, 0.6) is 0 Å². The highest BCUT2D eigenvalue weighted by molar-refractivity contribution is 5.87. The standard InChI is InChI=1S/C8H14O2.2C7H12O2.C6H10O2/c1-4-5-6-10-8(9)7(2)3;1-4-5-9-7(8)6(2)3;1-3-5-6-9-7(8)4-2;1-3-5-8-6(7)4-2/h2,4-6H2,1,3H3;2,4-5H2,1,3H3;4H,2-3,5-6H2,1H3;4H,2-3,5H2,1H3. The minimum atomic E-state index is -0.341. The predicted octanol–water partition coefficient (Wildman–Crippen LogP) is 6.06. The SMILES string of the molecule is C=C(C)C(=O)OCCC.C=C(C)C(=O)OCCCC.C=CC(=O)OCCC.C=CC(=O)OCCCC. The lowest BCUT2D eigenvalue weighted by Gasteiger charge is -2.01. The molecule has 0 aromatic carbocycles. The minimum Gasteiger partial charge on any atom is -0.463 e. The van der Waals surface area contributed by atoms with Gasteiger partial charge in [0.2, 0.25) is 0 Å². The van der Waals surface area contributed by atoms with E-state index in [9.17, 15) is 19.2 Å². The first-order valence-corrected chi connectivity index (χ1v) is 12.2. The maximum Gasteiger partial charge on any atom is 0.333 e. The third kappa shape index (κ3) is 38.1. The average molecular weight is 513 g/mol. The van der Waals surface area contributed by atoms with Crippen LogP contribution in [0.4, 0.5) is 0 Å². The van der Waals surface area contributed by atoms with Crippen LogP contribution in [-0.2, 0) is 38.1 Å². The summed E-state index contributed by atoms with van der Waals surface area (Å²) in [5.74, 6) is -1.25. The second-order valence-corrected chi connectivity index (χ2v) is 7.28. The number of hydrogen-bond donors (Lipinski definition) is 0. The molecular formula is C28H48O8. The zero-order chi connectivity index (χ0) is 28.8. The van der Waals surface area contributed by atoms with Crippen LogP contribution in [-0.4, -0.2) is 50.3 Å². The van der Waals surface area contributed by atoms with Crippen LogP contribution in [0.1, 0.15) is 80.1 Å². The van der Waals surface area contributed by atoms with E-state index in [0.717, 1.165) is 44.6 Å². The molecule has 0 spiro atoms. The lowest BCUT2D eigenvalue weighted by atomic mass is 10.3. The maximum atomic E-state index is 10.7. The van der Waals surface area contributed by atoms with E-state index >= 15 is 0 Å². The molecule has 0 radical (unpaired) electrons. The van der Waals surface area contributed by atoms with Gasteiger partial charge in [-0.1, -0.05) is 66.9 Å². The lowest BCUT2D eigenvalue weighted by molar-refractivity contribution is -0.139. The molecule has 0 atom stereocenters. The molecule has 0 aliphatic heterocycles. The van der Waals surface area contributed by atoms with Crippen molar-refractivity contribution < 1.29 is 38.1 Å². The van der Waals surface area contributed by atoms with Crippen LogP contribution in [0, 0.1) is 0 Å². The average Bonchev–Trinajstić information content (AvgIpc) is 2.86. The van der Waals surface area contributed by atoms with Gasteiger partial charge in [-0.2, -0.15) is 0 Å². The minimum absolute atomic E-state index is 0.284. The van der Waals surface area contributed by atoms with Gasteiger partial charge in [-0.15, -0.1) is 0 Å². The van der Waals surface area contributed by atoms with Gasteiger partial charge in [0.05, 0.1) is 26.4 Å². The molecule has 0 saturated heterocycles. The maximum absolute atomic E-state index is 10.7. The number of unbranched alkanes of at least 4 members (excludes halogenated alkanes) is 2. The van der Waals surface area contributed by atoms with Crippen molar-refractivity contribution >= 4 is 23.9 Å². The van der Waals surface area contributed by atoms with Gasteiger partial charge < -0.3 is 18.9 Å². The Morgan fingerprint density at radius 2 is 0.861 bits per heavy atom. The Morgan fingerprint density at radius 1 is 0.556 bits per heavy atom. The molecule has 0 aromatic heterocycles. The molecule has 0 bridgehead atoms. The Morgan fingerprint density at radius 3 is 1.17 bits per heavy atom. The molecule has 0 aromatic rings. The van der Waals surface area contributed by atoms with Crippen molar-refractivity contribution in [1.82, 2.24) is 0 Å². The van der Waals surface area contributed by atoms with Crippen molar-refractivity contribution in [1.29, 1.82) is 0 Å². The van der Waals surface area contributed by atoms with Crippen LogP contribution in [0.25, 0.3) is 0 Å². The van der Waals surface area contributed by atoms with Gasteiger partial charge in [0, 0.05) is 23.3 Å². The summed E-state index contributed by atoms with van der Waals surface area (Å²) in [6, 6.07) is 0. The summed E-state index contributed by atoms with van der Waals surface area (Å²) < 4.78 is 18.8. The molecule has 0 amide bonds. The van der Waals surface area contributed by atoms with Gasteiger partial charge in [0.25, 0.3) is 0 Å². The Hall–Kier alpha value is -3.16. The number of ether oxygens (including phenoxy) is 4. The van der Waals surface area contributed by atoms with Crippen LogP contribution in [0.3, 0.4) is 0 Å². The Balaban J connectivity index is -0.000000190. The highest BCUT2D eigenvalue weighted by Crippen LogP contribution is 1.94. The number of carbonyl (C=O) groups is 4. The van der Waals surface area contributed by atoms with Gasteiger partial charge >= 0.3 is 23.9 Å². The molecule has 0 saturated carbocycles. The molecule has 0 N–H and O–H groups in total. The normalized spacial score (nSPS) is 8.61. The van der Waals surface area contributed by atoms with E-state index in [4.69, 9.17) is 9.47 Å². The van der Waals surface area contributed by atoms with E-state index in [-0.39, 0.29) is 23.9 Å². The molecule has 0 aliphatic carbocycles. The van der Waals surface area contributed by atoms with Crippen molar-refractivity contribution in [3.8, 4) is 0 Å². The van der Waals surface area contributed by atoms with Crippen LogP contribution in [0.15, 0.2) is 49.6 Å². The molecule has 0 aliphatic rings. The van der Waals surface area contributed by atoms with Crippen molar-refractivity contribution in [2.75, 3.05) is 26.4 Å². The number of carbonyl (C=O) groups excluding carboxylic acids is 4. The van der Waals surface area contributed by atoms with E-state index in [1.165, 1.54) is 6.08 Å². The van der Waals surface area contributed by atoms with Crippen LogP contribution in [0.2, 0.25) is 0 Å². The van der Waals surface area contributed by atoms with Gasteiger partial charge in [-0.05, 0) is 39.5 Å². The molecule has 0 rings (SSSR count). The lowest BCUT2D eigenvalue weighted by Crippen LogP contribution is -2.05. The second-order valence-electron chi connectivity index (χ2n) is 7.28. The molecule has 208 valence electrons. The smallest absolute Gasteiger partial charge is 0.333 e. The highest BCUT2D eigenvalue weighted by atomic mass is 16.5. The van der Waals surface area contributed by atoms with E-state index in [2.05, 4.69) is 42.7 Å². The summed E-state index contributed by atoms with van der Waals surface area (Å²) in [6.45, 7) is 26.7. The molecule has 0 unspecified atom stereocenters. The summed E-state index contributed by atoms with van der Waals surface area (Å²) in [7, 11) is 0. The van der Waals surface area contributed by atoms with Crippen molar-refractivity contribution in [2.24, 2.45) is 0 Å². The molecular weight excluding hydrogens is 464 g/mol. The van der Waals surface area contributed by atoms with E-state index in [0.29, 0.717) is 37.6 Å². The van der Waals surface area contributed by atoms with Crippen molar-refractivity contribution in [3.05, 3.63) is 49.6 Å². The number of rotatable bonds is 14. The fraction of sp³-hybridized carbons (Fsp3) is 0.571. The van der Waals surface area contributed by atoms with Gasteiger partial charge in [-0.25, -0.2) is 19.2 Å². The topological polar surface area (TPSA) is 105 Å². The first-order valence-electron chi connectivity index (χ1n) is 12.2. The summed E-state index contributed by atoms with van der Waals surface area (Å²) in [5, 5.41) is 0. The molecule has 8 nitrogen and oxygen atoms in total. The molecule has 8 heteroatoms. The number of esters is 4. The number of hydrogen-bond acceptors (Lipinski definition) is 8. The zero-order valence-electron chi connectivity index (χ0n) is 23.3. The van der Waals surface area contributed by atoms with Crippen molar-refractivity contribution in [2.45, 2.75) is 80.1 Å². The Kier molecular flexibility index (Phi) is 35.4. The quantitative estimate of drug-likeness (QED) is 0.120. The third-order valence-corrected chi connectivity index (χ3v) is 3.39. The summed E-state index contributed by atoms with van der Waals surface area (Å²) in [5.41, 5.74) is 0.930. The predicted molar refractivity (Wildman–Crippen MR) is 144 cm³/mol. The van der Waals surface area contributed by atoms with Crippen LogP contribution < -0.4 is 0 Å². The van der Waals surface area contributed by atoms with E-state index in [1.54, 1.807) is 13.8 Å². The van der Waals surface area contributed by atoms with Gasteiger partial charge in [0.15, 0.2) is 0 Å². The van der Waals surface area contributed by atoms with E-state index < -0.39 is 0 Å². The zero-order valence-corrected chi connectivity index (χ0v) is 23.3. The van der Waals surface area contributed by atoms with Crippen molar-refractivity contribution in [3.63, 3.8) is 0 Å². The fourth-order valence-corrected chi connectivity index (χ4v) is 1.39. The summed E-state index contributed by atoms with van der Waals surface area (Å²) in [4.78, 5) is 41.9. The van der Waals surface area contributed by atoms with Gasteiger partial charge in [-0.3, -0.25) is 0 Å². The largest absolute Gasteiger partial charge is 0.463 e. The summed E-state index contributed by atoms with van der Waals surface area (Å²) >= 11 is 0. The Bertz CT molecular complexity index is 648. The molecule has 36 heavy (non-hydrogen) atoms. The Labute approximate surface area is 218 Å². The molecule has 0 fully saturated rings. The molecule has 0 heterocycles.